The van der Waals surface area contributed by atoms with Gasteiger partial charge in [0.1, 0.15) is 10.1 Å². The van der Waals surface area contributed by atoms with E-state index in [1.165, 1.54) is 6.08 Å². The zero-order chi connectivity index (χ0) is 17.0. The maximum absolute atomic E-state index is 12.2. The molecule has 0 radical (unpaired) electrons. The molecular formula is C14H11N2O5S2-. The van der Waals surface area contributed by atoms with Crippen molar-refractivity contribution in [3.05, 3.63) is 34.7 Å². The van der Waals surface area contributed by atoms with Crippen molar-refractivity contribution in [3.8, 4) is 5.75 Å². The summed E-state index contributed by atoms with van der Waals surface area (Å²) >= 11 is 5.97. The van der Waals surface area contributed by atoms with Gasteiger partial charge in [-0.15, -0.1) is 0 Å². The molecule has 1 heterocycles. The number of amides is 2. The van der Waals surface area contributed by atoms with E-state index in [-0.39, 0.29) is 15.8 Å². The molecule has 2 amide bonds. The third-order valence-corrected chi connectivity index (χ3v) is 4.11. The Hall–Kier alpha value is -2.39. The maximum Gasteiger partial charge on any atom is 0.266 e. The van der Waals surface area contributed by atoms with Gasteiger partial charge in [0.25, 0.3) is 11.8 Å². The molecule has 0 spiro atoms. The van der Waals surface area contributed by atoms with Gasteiger partial charge in [0.05, 0.1) is 17.4 Å². The number of ether oxygens (including phenoxy) is 1. The van der Waals surface area contributed by atoms with E-state index in [0.29, 0.717) is 11.3 Å². The van der Waals surface area contributed by atoms with E-state index < -0.39 is 24.3 Å². The van der Waals surface area contributed by atoms with Crippen LogP contribution in [-0.2, 0) is 14.4 Å². The van der Waals surface area contributed by atoms with Gasteiger partial charge in [0, 0.05) is 5.56 Å². The summed E-state index contributed by atoms with van der Waals surface area (Å²) in [5.41, 5.74) is 5.58. The van der Waals surface area contributed by atoms with Gasteiger partial charge in [-0.1, -0.05) is 42.2 Å². The molecule has 23 heavy (non-hydrogen) atoms. The number of carbonyl (C=O) groups excluding carboxylic acids is 3. The van der Waals surface area contributed by atoms with Crippen LogP contribution in [0.3, 0.4) is 0 Å². The lowest BCUT2D eigenvalue weighted by Gasteiger charge is -2.14. The number of aliphatic carboxylic acids is 1. The van der Waals surface area contributed by atoms with Crippen LogP contribution in [0.4, 0.5) is 0 Å². The Labute approximate surface area is 141 Å². The molecule has 1 aliphatic rings. The smallest absolute Gasteiger partial charge is 0.266 e. The molecule has 0 unspecified atom stereocenters. The number of carbonyl (C=O) groups is 3. The first-order chi connectivity index (χ1) is 10.9. The van der Waals surface area contributed by atoms with Crippen molar-refractivity contribution in [2.24, 2.45) is 5.73 Å². The number of hydrogen-bond donors (Lipinski definition) is 1. The number of thioether (sulfide) groups is 1. The van der Waals surface area contributed by atoms with E-state index in [1.807, 2.05) is 0 Å². The Morgan fingerprint density at radius 1 is 1.39 bits per heavy atom. The number of nitrogens with zero attached hydrogens (tertiary/aromatic N) is 1. The summed E-state index contributed by atoms with van der Waals surface area (Å²) in [6.07, 6.45) is 1.52. The highest BCUT2D eigenvalue weighted by molar-refractivity contribution is 8.26. The molecule has 0 aromatic heterocycles. The van der Waals surface area contributed by atoms with E-state index in [2.05, 4.69) is 0 Å². The Balaban J connectivity index is 2.25. The van der Waals surface area contributed by atoms with E-state index in [9.17, 15) is 19.5 Å². The lowest BCUT2D eigenvalue weighted by Crippen LogP contribution is -2.40. The van der Waals surface area contributed by atoms with Gasteiger partial charge in [-0.25, -0.2) is 0 Å². The normalized spacial score (nSPS) is 16.0. The Morgan fingerprint density at radius 3 is 2.74 bits per heavy atom. The highest BCUT2D eigenvalue weighted by atomic mass is 32.2. The monoisotopic (exact) mass is 351 g/mol. The maximum atomic E-state index is 12.2. The van der Waals surface area contributed by atoms with E-state index in [0.717, 1.165) is 16.7 Å². The van der Waals surface area contributed by atoms with Gasteiger partial charge < -0.3 is 20.4 Å². The van der Waals surface area contributed by atoms with Crippen LogP contribution in [0.5, 0.6) is 5.75 Å². The van der Waals surface area contributed by atoms with Gasteiger partial charge in [0.2, 0.25) is 0 Å². The lowest BCUT2D eigenvalue weighted by molar-refractivity contribution is -0.305. The van der Waals surface area contributed by atoms with E-state index in [4.69, 9.17) is 22.7 Å². The number of carboxylic acids is 1. The van der Waals surface area contributed by atoms with Crippen molar-refractivity contribution in [2.45, 2.75) is 0 Å². The summed E-state index contributed by atoms with van der Waals surface area (Å²) < 4.78 is 5.41. The minimum Gasteiger partial charge on any atom is -0.548 e. The van der Waals surface area contributed by atoms with Crippen LogP contribution in [0.15, 0.2) is 29.2 Å². The van der Waals surface area contributed by atoms with Gasteiger partial charge in [-0.05, 0) is 12.1 Å². The van der Waals surface area contributed by atoms with E-state index >= 15 is 0 Å². The molecule has 120 valence electrons. The predicted molar refractivity (Wildman–Crippen MR) is 86.0 cm³/mol. The molecule has 1 saturated heterocycles. The van der Waals surface area contributed by atoms with Gasteiger partial charge in [-0.2, -0.15) is 0 Å². The number of primary amides is 1. The van der Waals surface area contributed by atoms with Crippen LogP contribution in [0, 0.1) is 0 Å². The molecule has 1 aliphatic heterocycles. The number of thiocarbonyl (C=S) groups is 1. The number of hydrogen-bond acceptors (Lipinski definition) is 7. The Morgan fingerprint density at radius 2 is 2.09 bits per heavy atom. The first-order valence-electron chi connectivity index (χ1n) is 6.34. The molecule has 0 aliphatic carbocycles. The number of rotatable bonds is 6. The fourth-order valence-corrected chi connectivity index (χ4v) is 3.03. The Kier molecular flexibility index (Phi) is 5.35. The van der Waals surface area contributed by atoms with Crippen molar-refractivity contribution in [1.82, 2.24) is 4.90 Å². The van der Waals surface area contributed by atoms with Crippen molar-refractivity contribution in [1.29, 1.82) is 0 Å². The van der Waals surface area contributed by atoms with Crippen LogP contribution in [0.1, 0.15) is 5.56 Å². The summed E-state index contributed by atoms with van der Waals surface area (Å²) in [5, 5.41) is 10.7. The molecule has 0 saturated carbocycles. The van der Waals surface area contributed by atoms with Crippen molar-refractivity contribution < 1.29 is 24.2 Å². The second-order valence-electron chi connectivity index (χ2n) is 4.43. The third kappa shape index (κ3) is 4.30. The van der Waals surface area contributed by atoms with Crippen molar-refractivity contribution in [2.75, 3.05) is 13.2 Å². The molecular weight excluding hydrogens is 340 g/mol. The highest BCUT2D eigenvalue weighted by Gasteiger charge is 2.32. The zero-order valence-electron chi connectivity index (χ0n) is 11.7. The molecule has 1 aromatic carbocycles. The SMILES string of the molecule is NC(=O)COc1ccccc1/C=C1/SC(=S)N(CC(=O)[O-])C1=O. The van der Waals surface area contributed by atoms with E-state index in [1.54, 1.807) is 24.3 Å². The largest absolute Gasteiger partial charge is 0.548 e. The lowest BCUT2D eigenvalue weighted by atomic mass is 10.2. The quantitative estimate of drug-likeness (QED) is 0.543. The molecule has 0 bridgehead atoms. The van der Waals surface area contributed by atoms with Gasteiger partial charge in [-0.3, -0.25) is 14.5 Å². The molecule has 1 fully saturated rings. The zero-order valence-corrected chi connectivity index (χ0v) is 13.3. The molecule has 1 aromatic rings. The minimum absolute atomic E-state index is 0.140. The Bertz CT molecular complexity index is 717. The first kappa shape index (κ1) is 17.0. The molecule has 2 rings (SSSR count). The topological polar surface area (TPSA) is 113 Å². The molecule has 9 heteroatoms. The van der Waals surface area contributed by atoms with Crippen LogP contribution in [0.2, 0.25) is 0 Å². The summed E-state index contributed by atoms with van der Waals surface area (Å²) in [5.74, 6) is -2.17. The average Bonchev–Trinajstić information content (AvgIpc) is 2.73. The molecule has 7 nitrogen and oxygen atoms in total. The molecule has 2 N–H and O–H groups in total. The fourth-order valence-electron chi connectivity index (χ4n) is 1.79. The summed E-state index contributed by atoms with van der Waals surface area (Å²) in [7, 11) is 0. The number of para-hydroxylation sites is 1. The van der Waals surface area contributed by atoms with Crippen LogP contribution < -0.4 is 15.6 Å². The van der Waals surface area contributed by atoms with Crippen LogP contribution >= 0.6 is 24.0 Å². The molecule has 0 atom stereocenters. The number of nitrogens with two attached hydrogens (primary N) is 1. The standard InChI is InChI=1S/C14H12N2O5S2/c15-11(17)7-21-9-4-2-1-3-8(9)5-10-13(20)16(6-12(18)19)14(22)23-10/h1-5H,6-7H2,(H2,15,17)(H,18,19)/p-1/b10-5+. The van der Waals surface area contributed by atoms with Gasteiger partial charge >= 0.3 is 0 Å². The second kappa shape index (κ2) is 7.25. The van der Waals surface area contributed by atoms with Gasteiger partial charge in [0.15, 0.2) is 6.61 Å². The third-order valence-electron chi connectivity index (χ3n) is 2.74. The highest BCUT2D eigenvalue weighted by Crippen LogP contribution is 2.33. The van der Waals surface area contributed by atoms with Crippen LogP contribution in [0.25, 0.3) is 6.08 Å². The van der Waals surface area contributed by atoms with Crippen molar-refractivity contribution >= 4 is 52.2 Å². The average molecular weight is 351 g/mol. The fraction of sp³-hybridized carbons (Fsp3) is 0.143. The predicted octanol–water partition coefficient (Wildman–Crippen LogP) is -0.498. The second-order valence-corrected chi connectivity index (χ2v) is 6.11. The van der Waals surface area contributed by atoms with Crippen LogP contribution in [-0.4, -0.2) is 40.2 Å². The minimum atomic E-state index is -1.40. The summed E-state index contributed by atoms with van der Waals surface area (Å²) in [6, 6.07) is 6.73. The summed E-state index contributed by atoms with van der Waals surface area (Å²) in [6.45, 7) is -0.891. The first-order valence-corrected chi connectivity index (χ1v) is 7.56. The number of carboxylic acid groups (broad SMARTS) is 1. The summed E-state index contributed by atoms with van der Waals surface area (Å²) in [4.78, 5) is 34.8. The number of benzene rings is 1. The van der Waals surface area contributed by atoms with Crippen molar-refractivity contribution in [3.63, 3.8) is 0 Å².